The van der Waals surface area contributed by atoms with E-state index in [1.165, 1.54) is 17.1 Å². The molecule has 0 bridgehead atoms. The van der Waals surface area contributed by atoms with Gasteiger partial charge in [-0.3, -0.25) is 4.21 Å². The Hall–Kier alpha value is -0.0200. The van der Waals surface area contributed by atoms with Crippen molar-refractivity contribution in [3.05, 3.63) is 0 Å². The van der Waals surface area contributed by atoms with Crippen LogP contribution in [0.4, 0.5) is 0 Å². The van der Waals surface area contributed by atoms with Gasteiger partial charge in [0.05, 0.1) is 0 Å². The molecule has 1 saturated carbocycles. The summed E-state index contributed by atoms with van der Waals surface area (Å²) < 4.78 is 40.3. The molecule has 3 fully saturated rings. The molecule has 3 aliphatic rings. The fourth-order valence-electron chi connectivity index (χ4n) is 3.07. The van der Waals surface area contributed by atoms with E-state index in [1.807, 2.05) is 0 Å². The largest absolute Gasteiger partial charge is 0.312 e. The average Bonchev–Trinajstić information content (AvgIpc) is 3.30. The van der Waals surface area contributed by atoms with Crippen molar-refractivity contribution in [1.82, 2.24) is 13.9 Å². The van der Waals surface area contributed by atoms with E-state index < -0.39 is 21.0 Å². The van der Waals surface area contributed by atoms with Crippen molar-refractivity contribution in [2.75, 3.05) is 37.7 Å². The molecule has 1 aliphatic carbocycles. The van der Waals surface area contributed by atoms with Gasteiger partial charge in [0.2, 0.25) is 0 Å². The van der Waals surface area contributed by atoms with E-state index in [0.29, 0.717) is 37.2 Å². The zero-order chi connectivity index (χ0) is 14.9. The summed E-state index contributed by atoms with van der Waals surface area (Å²) in [6.45, 7) is 2.19. The molecule has 2 heterocycles. The molecule has 3 rings (SSSR count). The fourth-order valence-corrected chi connectivity index (χ4v) is 6.21. The molecule has 0 aromatic heterocycles. The number of nitrogens with one attached hydrogen (secondary N) is 1. The maximum Gasteiger partial charge on any atom is 0.282 e. The number of piperidine rings is 1. The lowest BCUT2D eigenvalue weighted by atomic mass is 10.1. The Morgan fingerprint density at radius 1 is 1.05 bits per heavy atom. The highest BCUT2D eigenvalue weighted by atomic mass is 32.2. The first-order valence-electron chi connectivity index (χ1n) is 7.92. The van der Waals surface area contributed by atoms with Crippen LogP contribution in [0.5, 0.6) is 0 Å². The van der Waals surface area contributed by atoms with E-state index in [4.69, 9.17) is 0 Å². The topological polar surface area (TPSA) is 69.7 Å². The third kappa shape index (κ3) is 3.85. The first-order chi connectivity index (χ1) is 10.1. The van der Waals surface area contributed by atoms with Crippen molar-refractivity contribution in [3.8, 4) is 0 Å². The van der Waals surface area contributed by atoms with Crippen molar-refractivity contribution in [3.63, 3.8) is 0 Å². The van der Waals surface area contributed by atoms with Crippen LogP contribution in [0.2, 0.25) is 0 Å². The number of nitrogens with zero attached hydrogens (tertiary/aromatic N) is 2. The van der Waals surface area contributed by atoms with E-state index in [9.17, 15) is 12.6 Å². The van der Waals surface area contributed by atoms with Crippen molar-refractivity contribution in [2.24, 2.45) is 0 Å². The molecule has 122 valence electrons. The van der Waals surface area contributed by atoms with Crippen molar-refractivity contribution in [1.29, 1.82) is 0 Å². The van der Waals surface area contributed by atoms with Crippen LogP contribution in [0.15, 0.2) is 0 Å². The first kappa shape index (κ1) is 15.9. The quantitative estimate of drug-likeness (QED) is 0.762. The molecule has 0 aromatic carbocycles. The van der Waals surface area contributed by atoms with Gasteiger partial charge in [-0.1, -0.05) is 6.42 Å². The summed E-state index contributed by atoms with van der Waals surface area (Å²) in [4.78, 5) is 0. The van der Waals surface area contributed by atoms with Gasteiger partial charge in [0.1, 0.15) is 0 Å². The molecule has 1 unspecified atom stereocenters. The summed E-state index contributed by atoms with van der Waals surface area (Å²) in [6, 6.07) is 0.686. The summed E-state index contributed by atoms with van der Waals surface area (Å²) in [5.74, 6) is 0.941. The Bertz CT molecular complexity index is 483. The molecule has 1 N–H and O–H groups in total. The van der Waals surface area contributed by atoms with Crippen molar-refractivity contribution in [2.45, 2.75) is 44.2 Å². The van der Waals surface area contributed by atoms with Gasteiger partial charge < -0.3 is 5.32 Å². The lowest BCUT2D eigenvalue weighted by Crippen LogP contribution is -2.55. The molecule has 2 saturated heterocycles. The maximum atomic E-state index is 12.8. The van der Waals surface area contributed by atoms with Gasteiger partial charge in [-0.25, -0.2) is 0 Å². The highest BCUT2D eigenvalue weighted by molar-refractivity contribution is 7.87. The van der Waals surface area contributed by atoms with Gasteiger partial charge in [-0.2, -0.15) is 17.0 Å². The van der Waals surface area contributed by atoms with E-state index in [0.717, 1.165) is 25.8 Å². The summed E-state index contributed by atoms with van der Waals surface area (Å²) in [6.07, 6.45) is 5.43. The lowest BCUT2D eigenvalue weighted by molar-refractivity contribution is 0.227. The average molecular weight is 335 g/mol. The molecule has 0 radical (unpaired) electrons. The second-order valence-electron chi connectivity index (χ2n) is 6.20. The Labute approximate surface area is 129 Å². The minimum atomic E-state index is -3.39. The van der Waals surface area contributed by atoms with Crippen molar-refractivity contribution >= 4 is 21.0 Å². The van der Waals surface area contributed by atoms with Gasteiger partial charge in [0.15, 0.2) is 0 Å². The SMILES string of the molecule is O=S1CCN(S(=O)(=O)N2CCCCC2CNC2CC2)CC1. The van der Waals surface area contributed by atoms with Crippen LogP contribution in [0.25, 0.3) is 0 Å². The molecule has 0 spiro atoms. The molecule has 6 nitrogen and oxygen atoms in total. The molecule has 8 heteroatoms. The second kappa shape index (κ2) is 6.62. The Balaban J connectivity index is 1.66. The highest BCUT2D eigenvalue weighted by Gasteiger charge is 2.38. The zero-order valence-corrected chi connectivity index (χ0v) is 14.0. The van der Waals surface area contributed by atoms with Gasteiger partial charge in [-0.05, 0) is 25.7 Å². The number of rotatable bonds is 5. The molecule has 1 atom stereocenters. The summed E-state index contributed by atoms with van der Waals surface area (Å²) in [5, 5.41) is 3.47. The monoisotopic (exact) mass is 335 g/mol. The predicted octanol–water partition coefficient (Wildman–Crippen LogP) is -0.0980. The van der Waals surface area contributed by atoms with Gasteiger partial charge in [0.25, 0.3) is 10.2 Å². The summed E-state index contributed by atoms with van der Waals surface area (Å²) in [5.41, 5.74) is 0. The van der Waals surface area contributed by atoms with E-state index in [-0.39, 0.29) is 6.04 Å². The van der Waals surface area contributed by atoms with Crippen LogP contribution in [-0.2, 0) is 21.0 Å². The minimum absolute atomic E-state index is 0.0803. The molecule has 2 aliphatic heterocycles. The zero-order valence-electron chi connectivity index (χ0n) is 12.4. The van der Waals surface area contributed by atoms with Crippen molar-refractivity contribution < 1.29 is 12.6 Å². The van der Waals surface area contributed by atoms with E-state index in [2.05, 4.69) is 5.32 Å². The Morgan fingerprint density at radius 2 is 1.76 bits per heavy atom. The standard InChI is InChI=1S/C13H25N3O3S2/c17-20-9-7-15(8-10-20)21(18,19)16-6-2-1-3-13(16)11-14-12-4-5-12/h12-14H,1-11H2. The van der Waals surface area contributed by atoms with E-state index in [1.54, 1.807) is 4.31 Å². The Morgan fingerprint density at radius 3 is 2.43 bits per heavy atom. The Kier molecular flexibility index (Phi) is 5.00. The predicted molar refractivity (Wildman–Crippen MR) is 83.7 cm³/mol. The number of hydrogen-bond donors (Lipinski definition) is 1. The molecule has 0 aromatic rings. The fraction of sp³-hybridized carbons (Fsp3) is 1.00. The van der Waals surface area contributed by atoms with Gasteiger partial charge >= 0.3 is 0 Å². The van der Waals surface area contributed by atoms with Crippen LogP contribution >= 0.6 is 0 Å². The van der Waals surface area contributed by atoms with Crippen LogP contribution in [-0.4, -0.2) is 71.0 Å². The van der Waals surface area contributed by atoms with Crippen LogP contribution < -0.4 is 5.32 Å². The van der Waals surface area contributed by atoms with Gasteiger partial charge in [0, 0.05) is 60.6 Å². The second-order valence-corrected chi connectivity index (χ2v) is 9.77. The molecule has 21 heavy (non-hydrogen) atoms. The molecular formula is C13H25N3O3S2. The molecule has 0 amide bonds. The van der Waals surface area contributed by atoms with Crippen LogP contribution in [0, 0.1) is 0 Å². The molecular weight excluding hydrogens is 310 g/mol. The number of hydrogen-bond acceptors (Lipinski definition) is 4. The summed E-state index contributed by atoms with van der Waals surface area (Å²) >= 11 is 0. The summed E-state index contributed by atoms with van der Waals surface area (Å²) in [7, 11) is -4.24. The van der Waals surface area contributed by atoms with Crippen LogP contribution in [0.3, 0.4) is 0 Å². The van der Waals surface area contributed by atoms with Crippen LogP contribution in [0.1, 0.15) is 32.1 Å². The maximum absolute atomic E-state index is 12.8. The first-order valence-corrected chi connectivity index (χ1v) is 10.8. The smallest absolute Gasteiger partial charge is 0.282 e. The minimum Gasteiger partial charge on any atom is -0.312 e. The van der Waals surface area contributed by atoms with E-state index >= 15 is 0 Å². The lowest BCUT2D eigenvalue weighted by Gasteiger charge is -2.39. The van der Waals surface area contributed by atoms with Gasteiger partial charge in [-0.15, -0.1) is 0 Å². The highest BCUT2D eigenvalue weighted by Crippen LogP contribution is 2.25. The third-order valence-corrected chi connectivity index (χ3v) is 7.92. The third-order valence-electron chi connectivity index (χ3n) is 4.55. The normalized spacial score (nSPS) is 30.6.